The molecular weight excluding hydrogens is 272 g/mol. The van der Waals surface area contributed by atoms with Gasteiger partial charge < -0.3 is 20.1 Å². The van der Waals surface area contributed by atoms with Crippen LogP contribution in [-0.4, -0.2) is 54.4 Å². The molecule has 0 bridgehead atoms. The van der Waals surface area contributed by atoms with Gasteiger partial charge in [0.15, 0.2) is 0 Å². The number of carbonyl (C=O) groups is 2. The molecule has 2 amide bonds. The maximum absolute atomic E-state index is 12.3. The molecule has 0 spiro atoms. The summed E-state index contributed by atoms with van der Waals surface area (Å²) in [6.07, 6.45) is 5.64. The van der Waals surface area contributed by atoms with Gasteiger partial charge in [0.1, 0.15) is 5.92 Å². The van der Waals surface area contributed by atoms with E-state index in [1.165, 1.54) is 19.3 Å². The Balaban J connectivity index is 1.83. The maximum atomic E-state index is 12.3. The van der Waals surface area contributed by atoms with Gasteiger partial charge in [-0.05, 0) is 25.2 Å². The first-order valence-electron chi connectivity index (χ1n) is 7.98. The lowest BCUT2D eigenvalue weighted by atomic mass is 10.0. The van der Waals surface area contributed by atoms with Crippen LogP contribution >= 0.6 is 0 Å². The molecule has 2 atom stereocenters. The van der Waals surface area contributed by atoms with Crippen molar-refractivity contribution in [1.29, 1.82) is 0 Å². The third-order valence-electron chi connectivity index (χ3n) is 4.26. The van der Waals surface area contributed by atoms with Gasteiger partial charge >= 0.3 is 12.0 Å². The van der Waals surface area contributed by atoms with Crippen LogP contribution < -0.4 is 5.32 Å². The molecular formula is C15H26N2O4. The Labute approximate surface area is 125 Å². The van der Waals surface area contributed by atoms with E-state index >= 15 is 0 Å². The Bertz CT molecular complexity index is 371. The van der Waals surface area contributed by atoms with Crippen molar-refractivity contribution in [2.45, 2.75) is 45.1 Å². The van der Waals surface area contributed by atoms with Gasteiger partial charge in [-0.15, -0.1) is 0 Å². The molecule has 0 radical (unpaired) electrons. The Morgan fingerprint density at radius 3 is 2.71 bits per heavy atom. The molecule has 6 nitrogen and oxygen atoms in total. The molecule has 2 aliphatic rings. The molecule has 120 valence electrons. The van der Waals surface area contributed by atoms with Crippen LogP contribution in [0.5, 0.6) is 0 Å². The fraction of sp³-hybridized carbons (Fsp3) is 0.867. The minimum atomic E-state index is -0.889. The van der Waals surface area contributed by atoms with Crippen LogP contribution in [0.15, 0.2) is 0 Å². The Hall–Kier alpha value is -1.30. The smallest absolute Gasteiger partial charge is 0.317 e. The lowest BCUT2D eigenvalue weighted by Gasteiger charge is -2.30. The molecule has 0 aromatic heterocycles. The first-order valence-corrected chi connectivity index (χ1v) is 7.98. The summed E-state index contributed by atoms with van der Waals surface area (Å²) in [5, 5.41) is 12.2. The van der Waals surface area contributed by atoms with E-state index < -0.39 is 11.9 Å². The SMILES string of the molecule is CCCN(C(=O)NCCCC1CC1)C1COCC1C(=O)O. The first kappa shape index (κ1) is 16.1. The number of nitrogens with one attached hydrogen (secondary N) is 1. The lowest BCUT2D eigenvalue weighted by molar-refractivity contribution is -0.142. The third kappa shape index (κ3) is 4.59. The van der Waals surface area contributed by atoms with Gasteiger partial charge in [0.2, 0.25) is 0 Å². The average Bonchev–Trinajstić information content (AvgIpc) is 3.15. The first-order chi connectivity index (χ1) is 10.1. The second kappa shape index (κ2) is 7.64. The Morgan fingerprint density at radius 2 is 2.10 bits per heavy atom. The summed E-state index contributed by atoms with van der Waals surface area (Å²) in [5.74, 6) is -0.637. The zero-order valence-corrected chi connectivity index (χ0v) is 12.7. The van der Waals surface area contributed by atoms with Crippen LogP contribution in [0.3, 0.4) is 0 Å². The van der Waals surface area contributed by atoms with Crippen LogP contribution in [0, 0.1) is 11.8 Å². The van der Waals surface area contributed by atoms with Crippen molar-refractivity contribution in [3.05, 3.63) is 0 Å². The van der Waals surface area contributed by atoms with Crippen molar-refractivity contribution in [1.82, 2.24) is 10.2 Å². The molecule has 0 aromatic carbocycles. The number of aliphatic carboxylic acids is 1. The second-order valence-corrected chi connectivity index (χ2v) is 6.06. The fourth-order valence-corrected chi connectivity index (χ4v) is 2.84. The molecule has 2 rings (SSSR count). The van der Waals surface area contributed by atoms with Crippen LogP contribution in [0.4, 0.5) is 4.79 Å². The number of urea groups is 1. The summed E-state index contributed by atoms with van der Waals surface area (Å²) >= 11 is 0. The largest absolute Gasteiger partial charge is 0.481 e. The van der Waals surface area contributed by atoms with Gasteiger partial charge in [-0.3, -0.25) is 4.79 Å². The molecule has 0 aromatic rings. The number of carboxylic acid groups (broad SMARTS) is 1. The van der Waals surface area contributed by atoms with E-state index in [9.17, 15) is 14.7 Å². The Morgan fingerprint density at radius 1 is 1.33 bits per heavy atom. The topological polar surface area (TPSA) is 78.9 Å². The van der Waals surface area contributed by atoms with Crippen molar-refractivity contribution in [3.8, 4) is 0 Å². The van der Waals surface area contributed by atoms with Gasteiger partial charge in [-0.25, -0.2) is 4.79 Å². The summed E-state index contributed by atoms with van der Waals surface area (Å²) in [6, 6.07) is -0.514. The highest BCUT2D eigenvalue weighted by atomic mass is 16.5. The predicted octanol–water partition coefficient (Wildman–Crippen LogP) is 1.70. The minimum Gasteiger partial charge on any atom is -0.481 e. The van der Waals surface area contributed by atoms with E-state index in [1.807, 2.05) is 6.92 Å². The van der Waals surface area contributed by atoms with E-state index in [0.717, 1.165) is 18.8 Å². The van der Waals surface area contributed by atoms with Gasteiger partial charge in [0, 0.05) is 13.1 Å². The molecule has 1 heterocycles. The van der Waals surface area contributed by atoms with E-state index in [2.05, 4.69) is 5.32 Å². The zero-order chi connectivity index (χ0) is 15.2. The molecule has 1 aliphatic carbocycles. The van der Waals surface area contributed by atoms with Gasteiger partial charge in [-0.1, -0.05) is 19.8 Å². The highest BCUT2D eigenvalue weighted by molar-refractivity contribution is 5.77. The van der Waals surface area contributed by atoms with E-state index in [4.69, 9.17) is 4.74 Å². The van der Waals surface area contributed by atoms with Crippen LogP contribution in [0.2, 0.25) is 0 Å². The number of nitrogens with zero attached hydrogens (tertiary/aromatic N) is 1. The van der Waals surface area contributed by atoms with Crippen LogP contribution in [0.1, 0.15) is 39.0 Å². The van der Waals surface area contributed by atoms with Crippen molar-refractivity contribution in [2.24, 2.45) is 11.8 Å². The highest BCUT2D eigenvalue weighted by Crippen LogP contribution is 2.33. The number of ether oxygens (including phenoxy) is 1. The van der Waals surface area contributed by atoms with E-state index in [-0.39, 0.29) is 18.7 Å². The molecule has 2 fully saturated rings. The molecule has 2 N–H and O–H groups in total. The van der Waals surface area contributed by atoms with E-state index in [1.54, 1.807) is 4.90 Å². The van der Waals surface area contributed by atoms with Crippen molar-refractivity contribution >= 4 is 12.0 Å². The zero-order valence-electron chi connectivity index (χ0n) is 12.7. The van der Waals surface area contributed by atoms with Crippen molar-refractivity contribution in [2.75, 3.05) is 26.3 Å². The summed E-state index contributed by atoms with van der Waals surface area (Å²) in [5.41, 5.74) is 0. The number of carboxylic acids is 1. The summed E-state index contributed by atoms with van der Waals surface area (Å²) in [4.78, 5) is 25.2. The number of rotatable bonds is 8. The number of hydrogen-bond donors (Lipinski definition) is 2. The normalized spacial score (nSPS) is 24.8. The van der Waals surface area contributed by atoms with Crippen molar-refractivity contribution in [3.63, 3.8) is 0 Å². The van der Waals surface area contributed by atoms with Gasteiger partial charge in [0.05, 0.1) is 19.3 Å². The van der Waals surface area contributed by atoms with Crippen LogP contribution in [-0.2, 0) is 9.53 Å². The number of amides is 2. The molecule has 21 heavy (non-hydrogen) atoms. The summed E-state index contributed by atoms with van der Waals surface area (Å²) in [6.45, 7) is 3.72. The third-order valence-corrected chi connectivity index (χ3v) is 4.26. The average molecular weight is 298 g/mol. The van der Waals surface area contributed by atoms with Gasteiger partial charge in [-0.2, -0.15) is 0 Å². The van der Waals surface area contributed by atoms with Crippen molar-refractivity contribution < 1.29 is 19.4 Å². The molecule has 1 saturated heterocycles. The monoisotopic (exact) mass is 298 g/mol. The number of hydrogen-bond acceptors (Lipinski definition) is 3. The molecule has 2 unspecified atom stereocenters. The number of carbonyl (C=O) groups excluding carboxylic acids is 1. The minimum absolute atomic E-state index is 0.158. The predicted molar refractivity (Wildman–Crippen MR) is 78.1 cm³/mol. The fourth-order valence-electron chi connectivity index (χ4n) is 2.84. The van der Waals surface area contributed by atoms with E-state index in [0.29, 0.717) is 19.7 Å². The summed E-state index contributed by atoms with van der Waals surface area (Å²) < 4.78 is 5.27. The Kier molecular flexibility index (Phi) is 5.85. The van der Waals surface area contributed by atoms with Gasteiger partial charge in [0.25, 0.3) is 0 Å². The molecule has 1 saturated carbocycles. The lowest BCUT2D eigenvalue weighted by Crippen LogP contribution is -2.51. The highest BCUT2D eigenvalue weighted by Gasteiger charge is 2.39. The standard InChI is InChI=1S/C15H26N2O4/c1-2-8-17(13-10-21-9-12(13)14(18)19)15(20)16-7-3-4-11-5-6-11/h11-13H,2-10H2,1H3,(H,16,20)(H,18,19). The summed E-state index contributed by atoms with van der Waals surface area (Å²) in [7, 11) is 0. The molecule has 6 heteroatoms. The quantitative estimate of drug-likeness (QED) is 0.669. The maximum Gasteiger partial charge on any atom is 0.317 e. The van der Waals surface area contributed by atoms with Crippen LogP contribution in [0.25, 0.3) is 0 Å². The second-order valence-electron chi connectivity index (χ2n) is 6.06. The molecule has 1 aliphatic heterocycles.